The molecule has 1 aromatic heterocycles. The van der Waals surface area contributed by atoms with Gasteiger partial charge in [0.2, 0.25) is 5.95 Å². The second-order valence-electron chi connectivity index (χ2n) is 4.02. The van der Waals surface area contributed by atoms with Crippen molar-refractivity contribution in [3.63, 3.8) is 0 Å². The Bertz CT molecular complexity index is 322. The molecule has 1 aromatic rings. The van der Waals surface area contributed by atoms with Gasteiger partial charge in [-0.25, -0.2) is 4.98 Å². The lowest BCUT2D eigenvalue weighted by Gasteiger charge is -2.28. The molecule has 0 atom stereocenters. The van der Waals surface area contributed by atoms with Crippen LogP contribution in [0.15, 0.2) is 6.20 Å². The van der Waals surface area contributed by atoms with Crippen LogP contribution in [0.25, 0.3) is 0 Å². The van der Waals surface area contributed by atoms with Crippen molar-refractivity contribution in [1.29, 1.82) is 0 Å². The van der Waals surface area contributed by atoms with Crippen LogP contribution in [0.4, 0.5) is 11.8 Å². The Morgan fingerprint density at radius 3 is 2.67 bits per heavy atom. The third-order valence-corrected chi connectivity index (χ3v) is 2.32. The fourth-order valence-electron chi connectivity index (χ4n) is 1.59. The summed E-state index contributed by atoms with van der Waals surface area (Å²) in [5.74, 6) is 1.30. The number of nitrogens with zero attached hydrogens (tertiary/aromatic N) is 3. The smallest absolute Gasteiger partial charge is 0.221 e. The Hall–Kier alpha value is -1.32. The highest BCUT2D eigenvalue weighted by molar-refractivity contribution is 5.48. The molecule has 0 aliphatic heterocycles. The molecule has 1 rings (SSSR count). The molecule has 1 heterocycles. The first-order valence-electron chi connectivity index (χ1n) is 5.42. The lowest BCUT2D eigenvalue weighted by Crippen LogP contribution is -2.33. The number of rotatable bonds is 4. The van der Waals surface area contributed by atoms with Crippen LogP contribution in [-0.2, 0) is 0 Å². The van der Waals surface area contributed by atoms with Crippen molar-refractivity contribution in [2.45, 2.75) is 40.2 Å². The minimum absolute atomic E-state index is 0.345. The highest BCUT2D eigenvalue weighted by Crippen LogP contribution is 2.19. The van der Waals surface area contributed by atoms with E-state index in [1.807, 2.05) is 6.92 Å². The van der Waals surface area contributed by atoms with Crippen molar-refractivity contribution in [2.75, 3.05) is 17.2 Å². The SMILES string of the molecule is CCCN(c1nc(N)ncc1C)C(C)C. The van der Waals surface area contributed by atoms with Crippen LogP contribution in [0.1, 0.15) is 32.8 Å². The van der Waals surface area contributed by atoms with Gasteiger partial charge >= 0.3 is 0 Å². The van der Waals surface area contributed by atoms with Crippen LogP contribution in [-0.4, -0.2) is 22.6 Å². The van der Waals surface area contributed by atoms with E-state index in [9.17, 15) is 0 Å². The Balaban J connectivity index is 3.04. The first-order chi connectivity index (χ1) is 7.06. The molecule has 0 aromatic carbocycles. The summed E-state index contributed by atoms with van der Waals surface area (Å²) in [7, 11) is 0. The molecular formula is C11H20N4. The molecule has 0 saturated heterocycles. The summed E-state index contributed by atoms with van der Waals surface area (Å²) >= 11 is 0. The normalized spacial score (nSPS) is 10.7. The zero-order chi connectivity index (χ0) is 11.4. The number of anilines is 2. The summed E-state index contributed by atoms with van der Waals surface area (Å²) in [6.45, 7) is 9.49. The number of aromatic nitrogens is 2. The van der Waals surface area contributed by atoms with E-state index in [0.29, 0.717) is 12.0 Å². The fourth-order valence-corrected chi connectivity index (χ4v) is 1.59. The molecule has 0 aliphatic rings. The maximum atomic E-state index is 5.61. The molecule has 0 unspecified atom stereocenters. The van der Waals surface area contributed by atoms with Gasteiger partial charge in [-0.05, 0) is 27.2 Å². The average molecular weight is 208 g/mol. The van der Waals surface area contributed by atoms with Gasteiger partial charge in [0.15, 0.2) is 0 Å². The van der Waals surface area contributed by atoms with Crippen molar-refractivity contribution in [2.24, 2.45) is 0 Å². The summed E-state index contributed by atoms with van der Waals surface area (Å²) < 4.78 is 0. The molecule has 4 heteroatoms. The quantitative estimate of drug-likeness (QED) is 0.822. The van der Waals surface area contributed by atoms with Crippen LogP contribution in [0, 0.1) is 6.92 Å². The van der Waals surface area contributed by atoms with Gasteiger partial charge in [0.1, 0.15) is 5.82 Å². The van der Waals surface area contributed by atoms with Gasteiger partial charge in [-0.1, -0.05) is 6.92 Å². The van der Waals surface area contributed by atoms with E-state index in [0.717, 1.165) is 24.3 Å². The Morgan fingerprint density at radius 1 is 1.47 bits per heavy atom. The number of aryl methyl sites for hydroxylation is 1. The van der Waals surface area contributed by atoms with Crippen LogP contribution in [0.3, 0.4) is 0 Å². The van der Waals surface area contributed by atoms with Gasteiger partial charge in [0.05, 0.1) is 0 Å². The van der Waals surface area contributed by atoms with Crippen molar-refractivity contribution >= 4 is 11.8 Å². The molecule has 0 saturated carbocycles. The second kappa shape index (κ2) is 4.96. The molecule has 0 aliphatic carbocycles. The summed E-state index contributed by atoms with van der Waals surface area (Å²) in [4.78, 5) is 10.5. The molecular weight excluding hydrogens is 188 g/mol. The van der Waals surface area contributed by atoms with E-state index in [1.165, 1.54) is 0 Å². The van der Waals surface area contributed by atoms with Gasteiger partial charge in [0, 0.05) is 24.3 Å². The predicted molar refractivity (Wildman–Crippen MR) is 64.0 cm³/mol. The second-order valence-corrected chi connectivity index (χ2v) is 4.02. The molecule has 0 fully saturated rings. The maximum Gasteiger partial charge on any atom is 0.221 e. The van der Waals surface area contributed by atoms with Crippen LogP contribution in [0.5, 0.6) is 0 Å². The van der Waals surface area contributed by atoms with Crippen LogP contribution < -0.4 is 10.6 Å². The third kappa shape index (κ3) is 2.81. The van der Waals surface area contributed by atoms with E-state index in [1.54, 1.807) is 6.20 Å². The summed E-state index contributed by atoms with van der Waals surface area (Å²) in [5, 5.41) is 0. The van der Waals surface area contributed by atoms with Crippen LogP contribution in [0.2, 0.25) is 0 Å². The van der Waals surface area contributed by atoms with E-state index in [2.05, 4.69) is 35.6 Å². The van der Waals surface area contributed by atoms with Crippen molar-refractivity contribution in [3.05, 3.63) is 11.8 Å². The van der Waals surface area contributed by atoms with E-state index in [4.69, 9.17) is 5.73 Å². The highest BCUT2D eigenvalue weighted by Gasteiger charge is 2.13. The van der Waals surface area contributed by atoms with Gasteiger partial charge in [-0.15, -0.1) is 0 Å². The van der Waals surface area contributed by atoms with Crippen molar-refractivity contribution in [3.8, 4) is 0 Å². The average Bonchev–Trinajstić information content (AvgIpc) is 2.18. The zero-order valence-electron chi connectivity index (χ0n) is 9.99. The van der Waals surface area contributed by atoms with Crippen molar-refractivity contribution < 1.29 is 0 Å². The minimum atomic E-state index is 0.345. The molecule has 0 spiro atoms. The first kappa shape index (κ1) is 11.8. The van der Waals surface area contributed by atoms with E-state index >= 15 is 0 Å². The van der Waals surface area contributed by atoms with Gasteiger partial charge in [0.25, 0.3) is 0 Å². The summed E-state index contributed by atoms with van der Waals surface area (Å²) in [5.41, 5.74) is 6.69. The Labute approximate surface area is 91.5 Å². The Morgan fingerprint density at radius 2 is 2.13 bits per heavy atom. The molecule has 15 heavy (non-hydrogen) atoms. The topological polar surface area (TPSA) is 55.0 Å². The molecule has 4 nitrogen and oxygen atoms in total. The number of hydrogen-bond donors (Lipinski definition) is 1. The summed E-state index contributed by atoms with van der Waals surface area (Å²) in [6.07, 6.45) is 2.88. The summed E-state index contributed by atoms with van der Waals surface area (Å²) in [6, 6.07) is 0.429. The molecule has 0 radical (unpaired) electrons. The van der Waals surface area contributed by atoms with Gasteiger partial charge in [-0.3, -0.25) is 0 Å². The van der Waals surface area contributed by atoms with Gasteiger partial charge < -0.3 is 10.6 Å². The first-order valence-corrected chi connectivity index (χ1v) is 5.42. The number of nitrogens with two attached hydrogens (primary N) is 1. The number of nitrogen functional groups attached to an aromatic ring is 1. The monoisotopic (exact) mass is 208 g/mol. The van der Waals surface area contributed by atoms with E-state index < -0.39 is 0 Å². The van der Waals surface area contributed by atoms with Gasteiger partial charge in [-0.2, -0.15) is 4.98 Å². The molecule has 84 valence electrons. The van der Waals surface area contributed by atoms with Crippen molar-refractivity contribution in [1.82, 2.24) is 9.97 Å². The minimum Gasteiger partial charge on any atom is -0.368 e. The lowest BCUT2D eigenvalue weighted by atomic mass is 10.2. The zero-order valence-corrected chi connectivity index (χ0v) is 9.99. The van der Waals surface area contributed by atoms with Crippen LogP contribution >= 0.6 is 0 Å². The molecule has 2 N–H and O–H groups in total. The Kier molecular flexibility index (Phi) is 3.88. The molecule has 0 amide bonds. The number of hydrogen-bond acceptors (Lipinski definition) is 4. The third-order valence-electron chi connectivity index (χ3n) is 2.32. The van der Waals surface area contributed by atoms with E-state index in [-0.39, 0.29) is 0 Å². The largest absolute Gasteiger partial charge is 0.368 e. The molecule has 0 bridgehead atoms. The predicted octanol–water partition coefficient (Wildman–Crippen LogP) is 1.99. The highest BCUT2D eigenvalue weighted by atomic mass is 15.2. The fraction of sp³-hybridized carbons (Fsp3) is 0.636. The maximum absolute atomic E-state index is 5.61. The lowest BCUT2D eigenvalue weighted by molar-refractivity contribution is 0.659. The standard InChI is InChI=1S/C11H20N4/c1-5-6-15(8(2)3)10-9(4)7-13-11(12)14-10/h7-8H,5-6H2,1-4H3,(H2,12,13,14).